The Bertz CT molecular complexity index is 316. The van der Waals surface area contributed by atoms with Crippen molar-refractivity contribution < 1.29 is 14.6 Å². The molecule has 0 unspecified atom stereocenters. The highest BCUT2D eigenvalue weighted by atomic mass is 16.5. The van der Waals surface area contributed by atoms with Crippen LogP contribution in [0.5, 0.6) is 5.88 Å². The van der Waals surface area contributed by atoms with Crippen LogP contribution in [0.4, 0.5) is 0 Å². The van der Waals surface area contributed by atoms with Crippen molar-refractivity contribution in [3.05, 3.63) is 18.1 Å². The van der Waals surface area contributed by atoms with E-state index in [1.54, 1.807) is 7.05 Å². The summed E-state index contributed by atoms with van der Waals surface area (Å²) in [4.78, 5) is 18.0. The lowest BCUT2D eigenvalue weighted by Gasteiger charge is -2.05. The van der Waals surface area contributed by atoms with Gasteiger partial charge in [-0.05, 0) is 7.05 Å². The molecule has 0 spiro atoms. The highest BCUT2D eigenvalue weighted by Crippen LogP contribution is 2.11. The molecule has 1 rings (SSSR count). The summed E-state index contributed by atoms with van der Waals surface area (Å²) in [5.74, 6) is -0.993. The van der Waals surface area contributed by atoms with E-state index in [2.05, 4.69) is 15.3 Å². The van der Waals surface area contributed by atoms with Gasteiger partial charge >= 0.3 is 5.97 Å². The average Bonchev–Trinajstić information content (AvgIpc) is 2.19. The first kappa shape index (κ1) is 10.4. The third kappa shape index (κ3) is 2.67. The normalized spacial score (nSPS) is 9.79. The predicted octanol–water partition coefficient (Wildman–Crippen LogP) is -0.227. The number of hydrogen-bond donors (Lipinski definition) is 2. The van der Waals surface area contributed by atoms with Gasteiger partial charge in [0.1, 0.15) is 18.5 Å². The molecule has 1 aromatic heterocycles. The molecule has 14 heavy (non-hydrogen) atoms. The Morgan fingerprint density at radius 3 is 3.14 bits per heavy atom. The minimum atomic E-state index is -1.09. The Morgan fingerprint density at radius 1 is 1.71 bits per heavy atom. The third-order valence-electron chi connectivity index (χ3n) is 1.50. The summed E-state index contributed by atoms with van der Waals surface area (Å²) < 4.78 is 5.14. The zero-order valence-electron chi connectivity index (χ0n) is 7.73. The highest BCUT2D eigenvalue weighted by molar-refractivity contribution is 5.89. The second-order valence-corrected chi connectivity index (χ2v) is 2.50. The number of rotatable bonds is 5. The molecule has 1 heterocycles. The summed E-state index contributed by atoms with van der Waals surface area (Å²) in [6.45, 7) is 0.997. The van der Waals surface area contributed by atoms with E-state index in [1.807, 2.05) is 0 Å². The van der Waals surface area contributed by atoms with E-state index in [9.17, 15) is 4.79 Å². The van der Waals surface area contributed by atoms with Crippen molar-refractivity contribution in [3.8, 4) is 5.88 Å². The van der Waals surface area contributed by atoms with E-state index >= 15 is 0 Å². The molecule has 6 nitrogen and oxygen atoms in total. The van der Waals surface area contributed by atoms with Gasteiger partial charge in [-0.2, -0.15) is 0 Å². The van der Waals surface area contributed by atoms with Crippen molar-refractivity contribution in [2.45, 2.75) is 0 Å². The first-order valence-electron chi connectivity index (χ1n) is 4.06. The maximum absolute atomic E-state index is 10.7. The van der Waals surface area contributed by atoms with Gasteiger partial charge in [-0.3, -0.25) is 0 Å². The van der Waals surface area contributed by atoms with Crippen molar-refractivity contribution in [1.82, 2.24) is 15.3 Å². The van der Waals surface area contributed by atoms with Crippen LogP contribution in [0.25, 0.3) is 0 Å². The predicted molar refractivity (Wildman–Crippen MR) is 48.4 cm³/mol. The lowest BCUT2D eigenvalue weighted by atomic mass is 10.3. The van der Waals surface area contributed by atoms with E-state index in [-0.39, 0.29) is 11.4 Å². The molecule has 0 fully saturated rings. The number of nitrogens with one attached hydrogen (secondary N) is 1. The van der Waals surface area contributed by atoms with Gasteiger partial charge in [0.2, 0.25) is 5.88 Å². The van der Waals surface area contributed by atoms with Gasteiger partial charge in [0, 0.05) is 12.7 Å². The summed E-state index contributed by atoms with van der Waals surface area (Å²) in [6.07, 6.45) is 2.46. The molecular formula is C8H11N3O3. The molecule has 0 saturated carbocycles. The summed E-state index contributed by atoms with van der Waals surface area (Å²) in [5, 5.41) is 11.6. The molecule has 0 aliphatic heterocycles. The van der Waals surface area contributed by atoms with E-state index in [0.717, 1.165) is 0 Å². The van der Waals surface area contributed by atoms with Crippen LogP contribution in [0, 0.1) is 0 Å². The number of hydrogen-bond acceptors (Lipinski definition) is 5. The fraction of sp³-hybridized carbons (Fsp3) is 0.375. The van der Waals surface area contributed by atoms with Gasteiger partial charge in [-0.15, -0.1) is 0 Å². The molecule has 0 aliphatic rings. The lowest BCUT2D eigenvalue weighted by molar-refractivity contribution is 0.0690. The topological polar surface area (TPSA) is 84.3 Å². The van der Waals surface area contributed by atoms with Crippen LogP contribution in [0.15, 0.2) is 12.5 Å². The van der Waals surface area contributed by atoms with Crippen LogP contribution in [0.2, 0.25) is 0 Å². The highest BCUT2D eigenvalue weighted by Gasteiger charge is 2.11. The monoisotopic (exact) mass is 197 g/mol. The molecule has 6 heteroatoms. The van der Waals surface area contributed by atoms with E-state index in [1.165, 1.54) is 12.5 Å². The number of aromatic carboxylic acids is 1. The zero-order chi connectivity index (χ0) is 10.4. The molecule has 76 valence electrons. The van der Waals surface area contributed by atoms with Crippen molar-refractivity contribution in [3.63, 3.8) is 0 Å². The van der Waals surface area contributed by atoms with Gasteiger partial charge in [-0.25, -0.2) is 14.8 Å². The number of carboxylic acid groups (broad SMARTS) is 1. The van der Waals surface area contributed by atoms with Gasteiger partial charge in [-0.1, -0.05) is 0 Å². The number of likely N-dealkylation sites (N-methyl/N-ethyl adjacent to an activating group) is 1. The standard InChI is InChI=1S/C8H11N3O3/c1-9-2-3-14-7-6(8(12)13)4-10-5-11-7/h4-5,9H,2-3H2,1H3,(H,12,13). The summed E-state index contributed by atoms with van der Waals surface area (Å²) in [6, 6.07) is 0. The molecule has 0 aromatic carbocycles. The average molecular weight is 197 g/mol. The molecule has 1 aromatic rings. The molecule has 0 amide bonds. The van der Waals surface area contributed by atoms with Crippen molar-refractivity contribution in [1.29, 1.82) is 0 Å². The van der Waals surface area contributed by atoms with Gasteiger partial charge in [0.05, 0.1) is 0 Å². The van der Waals surface area contributed by atoms with E-state index < -0.39 is 5.97 Å². The van der Waals surface area contributed by atoms with Crippen molar-refractivity contribution in [2.24, 2.45) is 0 Å². The van der Waals surface area contributed by atoms with Crippen LogP contribution < -0.4 is 10.1 Å². The van der Waals surface area contributed by atoms with E-state index in [4.69, 9.17) is 9.84 Å². The number of nitrogens with zero attached hydrogens (tertiary/aromatic N) is 2. The lowest BCUT2D eigenvalue weighted by Crippen LogP contribution is -2.17. The molecule has 2 N–H and O–H groups in total. The van der Waals surface area contributed by atoms with Crippen LogP contribution in [0.3, 0.4) is 0 Å². The smallest absolute Gasteiger partial charge is 0.342 e. The third-order valence-corrected chi connectivity index (χ3v) is 1.50. The van der Waals surface area contributed by atoms with Crippen molar-refractivity contribution in [2.75, 3.05) is 20.2 Å². The Kier molecular flexibility index (Phi) is 3.81. The van der Waals surface area contributed by atoms with Gasteiger partial charge in [0.25, 0.3) is 0 Å². The molecule has 0 atom stereocenters. The fourth-order valence-corrected chi connectivity index (χ4v) is 0.830. The number of carboxylic acids is 1. The quantitative estimate of drug-likeness (QED) is 0.634. The summed E-state index contributed by atoms with van der Waals surface area (Å²) in [5.41, 5.74) is -0.0244. The Hall–Kier alpha value is -1.69. The Balaban J connectivity index is 2.69. The molecule has 0 aliphatic carbocycles. The zero-order valence-corrected chi connectivity index (χ0v) is 7.73. The van der Waals surface area contributed by atoms with Crippen LogP contribution in [-0.2, 0) is 0 Å². The molecular weight excluding hydrogens is 186 g/mol. The van der Waals surface area contributed by atoms with Gasteiger partial charge < -0.3 is 15.2 Å². The first-order chi connectivity index (χ1) is 6.75. The summed E-state index contributed by atoms with van der Waals surface area (Å²) in [7, 11) is 1.78. The second-order valence-electron chi connectivity index (χ2n) is 2.50. The first-order valence-corrected chi connectivity index (χ1v) is 4.06. The summed E-state index contributed by atoms with van der Waals surface area (Å²) >= 11 is 0. The Morgan fingerprint density at radius 2 is 2.50 bits per heavy atom. The number of ether oxygens (including phenoxy) is 1. The SMILES string of the molecule is CNCCOc1ncncc1C(=O)O. The maximum Gasteiger partial charge on any atom is 0.342 e. The Labute approximate surface area is 80.9 Å². The maximum atomic E-state index is 10.7. The minimum Gasteiger partial charge on any atom is -0.477 e. The largest absolute Gasteiger partial charge is 0.477 e. The second kappa shape index (κ2) is 5.13. The number of aromatic nitrogens is 2. The minimum absolute atomic E-state index is 0.0244. The van der Waals surface area contributed by atoms with Crippen LogP contribution in [-0.4, -0.2) is 41.2 Å². The van der Waals surface area contributed by atoms with Crippen LogP contribution >= 0.6 is 0 Å². The molecule has 0 radical (unpaired) electrons. The molecule has 0 bridgehead atoms. The van der Waals surface area contributed by atoms with Crippen LogP contribution in [0.1, 0.15) is 10.4 Å². The fourth-order valence-electron chi connectivity index (χ4n) is 0.830. The molecule has 0 saturated heterocycles. The van der Waals surface area contributed by atoms with E-state index in [0.29, 0.717) is 13.2 Å². The van der Waals surface area contributed by atoms with Crippen molar-refractivity contribution >= 4 is 5.97 Å². The number of carbonyl (C=O) groups is 1. The van der Waals surface area contributed by atoms with Gasteiger partial charge in [0.15, 0.2) is 0 Å².